The fourth-order valence-electron chi connectivity index (χ4n) is 2.60. The van der Waals surface area contributed by atoms with Crippen LogP contribution in [0.5, 0.6) is 17.2 Å². The summed E-state index contributed by atoms with van der Waals surface area (Å²) in [4.78, 5) is 23.2. The molecule has 0 spiro atoms. The van der Waals surface area contributed by atoms with Gasteiger partial charge in [-0.3, -0.25) is 9.59 Å². The minimum atomic E-state index is -0.862. The summed E-state index contributed by atoms with van der Waals surface area (Å²) in [5.41, 5.74) is 2.06. The molecule has 0 aliphatic carbocycles. The van der Waals surface area contributed by atoms with E-state index in [4.69, 9.17) is 19.0 Å². The minimum absolute atomic E-state index is 0.0434. The smallest absolute Gasteiger partial charge is 0.303 e. The van der Waals surface area contributed by atoms with Crippen LogP contribution in [0, 0.1) is 13.8 Å². The molecule has 0 radical (unpaired) electrons. The first kappa shape index (κ1) is 18.5. The third kappa shape index (κ3) is 4.47. The van der Waals surface area contributed by atoms with Gasteiger partial charge in [-0.05, 0) is 49.6 Å². The summed E-state index contributed by atoms with van der Waals surface area (Å²) >= 11 is 0. The molecule has 0 bridgehead atoms. The zero-order chi connectivity index (χ0) is 19.4. The maximum Gasteiger partial charge on any atom is 0.303 e. The standard InChI is InChI=1S/C21H20O6/c1-13-5-6-14(2)17(10-13)27-19-12-26-18-11-15(7-8-16(18)21(19)24)25-9-3-4-20(22)23/h5-8,10-12H,3-4,9H2,1-2H3,(H,22,23). The largest absolute Gasteiger partial charge is 0.493 e. The lowest BCUT2D eigenvalue weighted by molar-refractivity contribution is -0.137. The highest BCUT2D eigenvalue weighted by molar-refractivity contribution is 5.79. The number of hydrogen-bond donors (Lipinski definition) is 1. The lowest BCUT2D eigenvalue weighted by Gasteiger charge is -2.10. The van der Waals surface area contributed by atoms with Crippen LogP contribution in [0.3, 0.4) is 0 Å². The zero-order valence-electron chi connectivity index (χ0n) is 15.2. The topological polar surface area (TPSA) is 86.0 Å². The Hall–Kier alpha value is -3.28. The molecule has 0 unspecified atom stereocenters. The van der Waals surface area contributed by atoms with Crippen molar-refractivity contribution >= 4 is 16.9 Å². The number of rotatable bonds is 7. The van der Waals surface area contributed by atoms with Crippen LogP contribution < -0.4 is 14.9 Å². The summed E-state index contributed by atoms with van der Waals surface area (Å²) in [5.74, 6) is 0.380. The Morgan fingerprint density at radius 3 is 2.70 bits per heavy atom. The molecule has 3 rings (SSSR count). The molecule has 0 aliphatic heterocycles. The van der Waals surface area contributed by atoms with E-state index in [1.54, 1.807) is 18.2 Å². The average Bonchev–Trinajstić information content (AvgIpc) is 2.64. The number of carbonyl (C=O) groups is 1. The van der Waals surface area contributed by atoms with E-state index >= 15 is 0 Å². The molecule has 0 atom stereocenters. The number of aliphatic carboxylic acids is 1. The molecule has 0 aliphatic rings. The first-order chi connectivity index (χ1) is 12.9. The number of ether oxygens (including phenoxy) is 2. The Balaban J connectivity index is 1.81. The second-order valence-electron chi connectivity index (χ2n) is 6.30. The van der Waals surface area contributed by atoms with Crippen molar-refractivity contribution in [2.45, 2.75) is 26.7 Å². The number of benzene rings is 2. The van der Waals surface area contributed by atoms with Gasteiger partial charge in [-0.1, -0.05) is 12.1 Å². The van der Waals surface area contributed by atoms with Crippen LogP contribution in [0.4, 0.5) is 0 Å². The summed E-state index contributed by atoms with van der Waals surface area (Å²) in [6.45, 7) is 4.13. The molecule has 0 saturated heterocycles. The second kappa shape index (κ2) is 7.95. The minimum Gasteiger partial charge on any atom is -0.493 e. The molecule has 27 heavy (non-hydrogen) atoms. The highest BCUT2D eigenvalue weighted by atomic mass is 16.5. The molecule has 0 fully saturated rings. The Morgan fingerprint density at radius 1 is 1.11 bits per heavy atom. The number of aryl methyl sites for hydroxylation is 2. The van der Waals surface area contributed by atoms with Gasteiger partial charge in [0.1, 0.15) is 23.3 Å². The summed E-state index contributed by atoms with van der Waals surface area (Å²) in [5, 5.41) is 9.01. The van der Waals surface area contributed by atoms with Crippen LogP contribution in [0.2, 0.25) is 0 Å². The summed E-state index contributed by atoms with van der Waals surface area (Å²) in [7, 11) is 0. The molecule has 140 valence electrons. The van der Waals surface area contributed by atoms with Crippen molar-refractivity contribution < 1.29 is 23.8 Å². The first-order valence-electron chi connectivity index (χ1n) is 8.59. The van der Waals surface area contributed by atoms with E-state index in [1.807, 2.05) is 32.0 Å². The number of fused-ring (bicyclic) bond motifs is 1. The van der Waals surface area contributed by atoms with Gasteiger partial charge in [-0.15, -0.1) is 0 Å². The fraction of sp³-hybridized carbons (Fsp3) is 0.238. The van der Waals surface area contributed by atoms with Crippen molar-refractivity contribution in [1.29, 1.82) is 0 Å². The molecule has 3 aromatic rings. The summed E-state index contributed by atoms with van der Waals surface area (Å²) in [6.07, 6.45) is 1.74. The van der Waals surface area contributed by atoms with E-state index in [-0.39, 0.29) is 24.2 Å². The van der Waals surface area contributed by atoms with Gasteiger partial charge >= 0.3 is 5.97 Å². The molecule has 0 amide bonds. The van der Waals surface area contributed by atoms with Crippen LogP contribution in [0.1, 0.15) is 24.0 Å². The third-order valence-electron chi connectivity index (χ3n) is 4.08. The quantitative estimate of drug-likeness (QED) is 0.620. The number of carboxylic acids is 1. The van der Waals surface area contributed by atoms with Gasteiger partial charge in [-0.25, -0.2) is 0 Å². The lowest BCUT2D eigenvalue weighted by Crippen LogP contribution is -2.06. The number of carboxylic acid groups (broad SMARTS) is 1. The molecule has 2 aromatic carbocycles. The van der Waals surface area contributed by atoms with E-state index in [0.717, 1.165) is 11.1 Å². The van der Waals surface area contributed by atoms with Crippen LogP contribution in [0.25, 0.3) is 11.0 Å². The average molecular weight is 368 g/mol. The van der Waals surface area contributed by atoms with E-state index in [1.165, 1.54) is 6.26 Å². The molecular formula is C21H20O6. The summed E-state index contributed by atoms with van der Waals surface area (Å²) in [6, 6.07) is 10.7. The Bertz CT molecular complexity index is 1030. The van der Waals surface area contributed by atoms with Gasteiger partial charge < -0.3 is 19.0 Å². The molecule has 0 saturated carbocycles. The molecule has 1 heterocycles. The molecule has 1 N–H and O–H groups in total. The monoisotopic (exact) mass is 368 g/mol. The fourth-order valence-corrected chi connectivity index (χ4v) is 2.60. The van der Waals surface area contributed by atoms with E-state index in [9.17, 15) is 9.59 Å². The molecule has 6 nitrogen and oxygen atoms in total. The third-order valence-corrected chi connectivity index (χ3v) is 4.08. The molecule has 1 aromatic heterocycles. The Labute approximate surface area is 156 Å². The van der Waals surface area contributed by atoms with Crippen LogP contribution in [-0.4, -0.2) is 17.7 Å². The van der Waals surface area contributed by atoms with Gasteiger partial charge in [0.25, 0.3) is 0 Å². The second-order valence-corrected chi connectivity index (χ2v) is 6.30. The van der Waals surface area contributed by atoms with Gasteiger partial charge in [0, 0.05) is 12.5 Å². The summed E-state index contributed by atoms with van der Waals surface area (Å²) < 4.78 is 16.8. The van der Waals surface area contributed by atoms with E-state index in [0.29, 0.717) is 28.9 Å². The molecule has 6 heteroatoms. The van der Waals surface area contributed by atoms with Gasteiger partial charge in [0.2, 0.25) is 11.2 Å². The van der Waals surface area contributed by atoms with Crippen LogP contribution >= 0.6 is 0 Å². The SMILES string of the molecule is Cc1ccc(C)c(Oc2coc3cc(OCCCC(=O)O)ccc3c2=O)c1. The van der Waals surface area contributed by atoms with Gasteiger partial charge in [0.15, 0.2) is 0 Å². The van der Waals surface area contributed by atoms with Gasteiger partial charge in [-0.2, -0.15) is 0 Å². The lowest BCUT2D eigenvalue weighted by atomic mass is 10.1. The van der Waals surface area contributed by atoms with Crippen molar-refractivity contribution in [3.05, 3.63) is 64.0 Å². The highest BCUT2D eigenvalue weighted by Gasteiger charge is 2.11. The van der Waals surface area contributed by atoms with Crippen molar-refractivity contribution in [1.82, 2.24) is 0 Å². The van der Waals surface area contributed by atoms with Crippen LogP contribution in [0.15, 0.2) is 51.9 Å². The molecular weight excluding hydrogens is 348 g/mol. The first-order valence-corrected chi connectivity index (χ1v) is 8.59. The predicted molar refractivity (Wildman–Crippen MR) is 101 cm³/mol. The van der Waals surface area contributed by atoms with E-state index < -0.39 is 5.97 Å². The van der Waals surface area contributed by atoms with E-state index in [2.05, 4.69) is 0 Å². The highest BCUT2D eigenvalue weighted by Crippen LogP contribution is 2.26. The maximum absolute atomic E-state index is 12.7. The van der Waals surface area contributed by atoms with Gasteiger partial charge in [0.05, 0.1) is 12.0 Å². The maximum atomic E-state index is 12.7. The number of hydrogen-bond acceptors (Lipinski definition) is 5. The van der Waals surface area contributed by atoms with Crippen molar-refractivity contribution in [3.63, 3.8) is 0 Å². The predicted octanol–water partition coefficient (Wildman–Crippen LogP) is 4.45. The zero-order valence-corrected chi connectivity index (χ0v) is 15.2. The van der Waals surface area contributed by atoms with Crippen LogP contribution in [-0.2, 0) is 4.79 Å². The van der Waals surface area contributed by atoms with Crippen molar-refractivity contribution in [3.8, 4) is 17.2 Å². The normalized spacial score (nSPS) is 10.7. The van der Waals surface area contributed by atoms with Crippen molar-refractivity contribution in [2.75, 3.05) is 6.61 Å². The van der Waals surface area contributed by atoms with Crippen molar-refractivity contribution in [2.24, 2.45) is 0 Å². The Kier molecular flexibility index (Phi) is 5.45. The Morgan fingerprint density at radius 2 is 1.93 bits per heavy atom.